The molecule has 0 aliphatic heterocycles. The van der Waals surface area contributed by atoms with Crippen LogP contribution in [0.5, 0.6) is 5.75 Å². The topological polar surface area (TPSA) is 46.2 Å². The first-order valence-corrected chi connectivity index (χ1v) is 8.13. The van der Waals surface area contributed by atoms with E-state index in [1.807, 2.05) is 0 Å². The Morgan fingerprint density at radius 1 is 1.16 bits per heavy atom. The van der Waals surface area contributed by atoms with E-state index in [1.165, 1.54) is 36.0 Å². The smallest absolute Gasteiger partial charge is 0.134 e. The molecule has 0 aromatic heterocycles. The zero-order chi connectivity index (χ0) is 13.6. The summed E-state index contributed by atoms with van der Waals surface area (Å²) < 4.78 is 0.933. The Bertz CT molecular complexity index is 515. The lowest BCUT2D eigenvalue weighted by Gasteiger charge is -2.44. The molecule has 3 heteroatoms. The Labute approximate surface area is 123 Å². The predicted octanol–water partition coefficient (Wildman–Crippen LogP) is 3.72. The van der Waals surface area contributed by atoms with Crippen LogP contribution in [0, 0.1) is 6.92 Å². The number of phenols is 1. The van der Waals surface area contributed by atoms with Gasteiger partial charge in [-0.1, -0.05) is 6.42 Å². The third-order valence-corrected chi connectivity index (χ3v) is 6.09. The van der Waals surface area contributed by atoms with Crippen molar-refractivity contribution in [2.24, 2.45) is 5.73 Å². The van der Waals surface area contributed by atoms with E-state index in [0.717, 1.165) is 35.7 Å². The van der Waals surface area contributed by atoms with Crippen molar-refractivity contribution in [2.75, 3.05) is 6.54 Å². The minimum absolute atomic E-state index is 0.0309. The van der Waals surface area contributed by atoms with Crippen molar-refractivity contribution in [3.63, 3.8) is 0 Å². The minimum Gasteiger partial charge on any atom is -0.506 e. The van der Waals surface area contributed by atoms with E-state index in [9.17, 15) is 5.11 Å². The van der Waals surface area contributed by atoms with Crippen LogP contribution in [0.3, 0.4) is 0 Å². The lowest BCUT2D eigenvalue weighted by Crippen LogP contribution is -2.42. The fraction of sp³-hybridized carbons (Fsp3) is 0.625. The third-order valence-electron chi connectivity index (χ3n) is 5.24. The summed E-state index contributed by atoms with van der Waals surface area (Å²) in [5, 5.41) is 10.7. The first-order valence-electron chi connectivity index (χ1n) is 7.34. The van der Waals surface area contributed by atoms with E-state index in [4.69, 9.17) is 5.73 Å². The van der Waals surface area contributed by atoms with Crippen molar-refractivity contribution in [1.82, 2.24) is 0 Å². The zero-order valence-electron chi connectivity index (χ0n) is 11.6. The Balaban J connectivity index is 2.22. The van der Waals surface area contributed by atoms with Crippen LogP contribution in [0.25, 0.3) is 0 Å². The van der Waals surface area contributed by atoms with E-state index in [2.05, 4.69) is 22.9 Å². The normalized spacial score (nSPS) is 20.8. The highest BCUT2D eigenvalue weighted by atomic mass is 79.9. The molecule has 2 aliphatic carbocycles. The molecule has 19 heavy (non-hydrogen) atoms. The van der Waals surface area contributed by atoms with E-state index in [-0.39, 0.29) is 5.41 Å². The van der Waals surface area contributed by atoms with Crippen LogP contribution in [0.2, 0.25) is 0 Å². The zero-order valence-corrected chi connectivity index (χ0v) is 13.1. The van der Waals surface area contributed by atoms with Gasteiger partial charge in [0.05, 0.1) is 4.47 Å². The summed E-state index contributed by atoms with van der Waals surface area (Å²) >= 11 is 3.64. The number of benzene rings is 1. The first kappa shape index (κ1) is 13.4. The van der Waals surface area contributed by atoms with E-state index < -0.39 is 0 Å². The summed E-state index contributed by atoms with van der Waals surface area (Å²) in [4.78, 5) is 0. The second kappa shape index (κ2) is 4.78. The summed E-state index contributed by atoms with van der Waals surface area (Å²) in [6.45, 7) is 2.83. The van der Waals surface area contributed by atoms with Crippen molar-refractivity contribution in [2.45, 2.75) is 57.3 Å². The number of halogens is 1. The van der Waals surface area contributed by atoms with Gasteiger partial charge in [-0.3, -0.25) is 0 Å². The molecular formula is C16H22BrNO. The fourth-order valence-electron chi connectivity index (χ4n) is 3.95. The van der Waals surface area contributed by atoms with Crippen LogP contribution in [0.1, 0.15) is 54.4 Å². The minimum atomic E-state index is 0.0309. The maximum atomic E-state index is 10.7. The number of fused-ring (bicyclic) bond motifs is 1. The highest BCUT2D eigenvalue weighted by molar-refractivity contribution is 9.10. The Morgan fingerprint density at radius 3 is 2.32 bits per heavy atom. The third kappa shape index (κ3) is 1.85. The van der Waals surface area contributed by atoms with Crippen molar-refractivity contribution in [3.8, 4) is 5.75 Å². The second-order valence-electron chi connectivity index (χ2n) is 6.16. The molecule has 0 bridgehead atoms. The molecule has 0 amide bonds. The van der Waals surface area contributed by atoms with Crippen LogP contribution in [-0.2, 0) is 18.3 Å². The van der Waals surface area contributed by atoms with Gasteiger partial charge in [-0.15, -0.1) is 0 Å². The van der Waals surface area contributed by atoms with Crippen LogP contribution in [0.15, 0.2) is 4.47 Å². The second-order valence-corrected chi connectivity index (χ2v) is 6.96. The molecule has 0 atom stereocenters. The summed E-state index contributed by atoms with van der Waals surface area (Å²) in [7, 11) is 0. The lowest BCUT2D eigenvalue weighted by atomic mass is 9.62. The van der Waals surface area contributed by atoms with Crippen LogP contribution in [0.4, 0.5) is 0 Å². The molecule has 0 spiro atoms. The molecule has 2 aliphatic rings. The molecule has 3 rings (SSSR count). The highest BCUT2D eigenvalue weighted by Crippen LogP contribution is 2.52. The maximum absolute atomic E-state index is 10.7. The maximum Gasteiger partial charge on any atom is 0.134 e. The Morgan fingerprint density at radius 2 is 1.79 bits per heavy atom. The summed E-state index contributed by atoms with van der Waals surface area (Å²) in [5.41, 5.74) is 11.3. The molecule has 0 unspecified atom stereocenters. The number of hydrogen-bond acceptors (Lipinski definition) is 2. The van der Waals surface area contributed by atoms with Crippen molar-refractivity contribution in [1.29, 1.82) is 0 Å². The highest BCUT2D eigenvalue weighted by Gasteiger charge is 2.42. The molecule has 2 nitrogen and oxygen atoms in total. The van der Waals surface area contributed by atoms with Gasteiger partial charge >= 0.3 is 0 Å². The van der Waals surface area contributed by atoms with Gasteiger partial charge in [0.15, 0.2) is 0 Å². The molecule has 1 fully saturated rings. The number of rotatable bonds is 2. The SMILES string of the molecule is Cc1c2c(c(Br)c(O)c1C1(CN)CCC1)CCCC2. The number of hydrogen-bond donors (Lipinski definition) is 2. The Hall–Kier alpha value is -0.540. The van der Waals surface area contributed by atoms with Crippen molar-refractivity contribution in [3.05, 3.63) is 26.7 Å². The van der Waals surface area contributed by atoms with Crippen LogP contribution < -0.4 is 5.73 Å². The van der Waals surface area contributed by atoms with Gasteiger partial charge in [0.25, 0.3) is 0 Å². The summed E-state index contributed by atoms with van der Waals surface area (Å²) in [6.07, 6.45) is 8.18. The molecule has 0 saturated heterocycles. The first-order chi connectivity index (χ1) is 9.10. The van der Waals surface area contributed by atoms with Crippen LogP contribution in [-0.4, -0.2) is 11.7 Å². The van der Waals surface area contributed by atoms with Gasteiger partial charge in [0.1, 0.15) is 5.75 Å². The molecule has 1 aromatic carbocycles. The number of nitrogens with two attached hydrogens (primary N) is 1. The summed E-state index contributed by atoms with van der Waals surface area (Å²) in [6, 6.07) is 0. The van der Waals surface area contributed by atoms with Gasteiger partial charge in [-0.05, 0) is 78.1 Å². The molecule has 0 heterocycles. The van der Waals surface area contributed by atoms with Crippen LogP contribution >= 0.6 is 15.9 Å². The Kier molecular flexibility index (Phi) is 3.38. The molecule has 0 radical (unpaired) electrons. The van der Waals surface area contributed by atoms with Crippen molar-refractivity contribution >= 4 is 15.9 Å². The number of phenolic OH excluding ortho intramolecular Hbond substituents is 1. The quantitative estimate of drug-likeness (QED) is 0.871. The molecule has 104 valence electrons. The fourth-order valence-corrected chi connectivity index (χ4v) is 4.59. The average molecular weight is 324 g/mol. The predicted molar refractivity (Wildman–Crippen MR) is 81.8 cm³/mol. The molecule has 3 N–H and O–H groups in total. The largest absolute Gasteiger partial charge is 0.506 e. The summed E-state index contributed by atoms with van der Waals surface area (Å²) in [5.74, 6) is 0.461. The standard InChI is InChI=1S/C16H22BrNO/c1-10-11-5-2-3-6-12(11)14(17)15(19)13(10)16(9-18)7-4-8-16/h19H,2-9,18H2,1H3. The molecule has 1 saturated carbocycles. The van der Waals surface area contributed by atoms with Crippen molar-refractivity contribution < 1.29 is 5.11 Å². The van der Waals surface area contributed by atoms with Gasteiger partial charge in [-0.25, -0.2) is 0 Å². The lowest BCUT2D eigenvalue weighted by molar-refractivity contribution is 0.243. The van der Waals surface area contributed by atoms with E-state index in [0.29, 0.717) is 12.3 Å². The molecular weight excluding hydrogens is 302 g/mol. The van der Waals surface area contributed by atoms with Gasteiger partial charge in [0.2, 0.25) is 0 Å². The molecule has 1 aromatic rings. The van der Waals surface area contributed by atoms with E-state index in [1.54, 1.807) is 0 Å². The van der Waals surface area contributed by atoms with E-state index >= 15 is 0 Å². The van der Waals surface area contributed by atoms with Gasteiger partial charge in [-0.2, -0.15) is 0 Å². The van der Waals surface area contributed by atoms with Gasteiger partial charge in [0, 0.05) is 17.5 Å². The monoisotopic (exact) mass is 323 g/mol. The van der Waals surface area contributed by atoms with Gasteiger partial charge < -0.3 is 10.8 Å². The average Bonchev–Trinajstić information content (AvgIpc) is 2.39. The number of aromatic hydroxyl groups is 1.